The lowest BCUT2D eigenvalue weighted by Crippen LogP contribution is -2.71. The summed E-state index contributed by atoms with van der Waals surface area (Å²) in [7, 11) is 9.90. The minimum Gasteiger partial charge on any atom is -0.376 e. The second kappa shape index (κ2) is 37.8. The third-order valence-corrected chi connectivity index (χ3v) is 24.2. The van der Waals surface area contributed by atoms with Crippen LogP contribution in [0.15, 0.2) is 12.2 Å². The molecule has 30 heteroatoms. The van der Waals surface area contributed by atoms with Crippen LogP contribution in [0, 0.1) is 46.8 Å². The molecule has 12 atom stereocenters. The molecule has 4 aliphatic carbocycles. The number of carbonyl (C=O) groups is 12. The lowest BCUT2D eigenvalue weighted by atomic mass is 9.58. The summed E-state index contributed by atoms with van der Waals surface area (Å²) < 4.78 is 79.0. The van der Waals surface area contributed by atoms with Crippen molar-refractivity contribution < 1.29 is 84.2 Å². The predicted molar refractivity (Wildman–Crippen MR) is 394 cm³/mol. The highest BCUT2D eigenvalue weighted by Gasteiger charge is 2.60. The highest BCUT2D eigenvalue weighted by atomic mass is 19.4. The van der Waals surface area contributed by atoms with E-state index < -0.39 is 205 Å². The second-order valence-corrected chi connectivity index (χ2v) is 34.0. The van der Waals surface area contributed by atoms with E-state index in [2.05, 4.69) is 22.9 Å². The van der Waals surface area contributed by atoms with Crippen molar-refractivity contribution in [2.75, 3.05) is 88.7 Å². The molecule has 7 aliphatic rings. The lowest BCUT2D eigenvalue weighted by molar-refractivity contribution is -0.219. The molecule has 0 aromatic carbocycles. The first kappa shape index (κ1) is 88.2. The quantitative estimate of drug-likeness (QED) is 0.119. The Bertz CT molecular complexity index is 3220. The fraction of sp³-hybridized carbons (Fsp3) is 0.821. The molecule has 2 bridgehead atoms. The van der Waals surface area contributed by atoms with Gasteiger partial charge in [0.15, 0.2) is 0 Å². The van der Waals surface area contributed by atoms with Crippen molar-refractivity contribution in [3.05, 3.63) is 12.2 Å². The molecular formula is C78H125F5N12O13. The first-order valence-corrected chi connectivity index (χ1v) is 39.5. The average Bonchev–Trinajstić information content (AvgIpc) is 0.964. The Hall–Kier alpha value is -7.01. The largest absolute Gasteiger partial charge is 0.397 e. The number of nitrogens with zero attached hydrogens (tertiary/aromatic N) is 9. The molecule has 1 spiro atoms. The third-order valence-electron chi connectivity index (χ3n) is 24.2. The van der Waals surface area contributed by atoms with Crippen LogP contribution in [0.5, 0.6) is 0 Å². The van der Waals surface area contributed by atoms with Crippen LogP contribution in [0.4, 0.5) is 22.0 Å². The number of hydrogen-bond donors (Lipinski definition) is 3. The summed E-state index contributed by atoms with van der Waals surface area (Å²) in [5, 5.41) is 8.63. The Balaban J connectivity index is 1.33. The van der Waals surface area contributed by atoms with Crippen LogP contribution in [0.3, 0.4) is 0 Å². The van der Waals surface area contributed by atoms with E-state index >= 15 is 47.1 Å². The zero-order valence-electron chi connectivity index (χ0n) is 66.9. The van der Waals surface area contributed by atoms with Gasteiger partial charge in [-0.05, 0) is 145 Å². The van der Waals surface area contributed by atoms with Gasteiger partial charge >= 0.3 is 6.18 Å². The van der Waals surface area contributed by atoms with Crippen LogP contribution in [0.2, 0.25) is 0 Å². The maximum atomic E-state index is 15.8. The molecule has 2 saturated heterocycles. The van der Waals surface area contributed by atoms with Gasteiger partial charge in [0.25, 0.3) is 0 Å². The van der Waals surface area contributed by atoms with Crippen LogP contribution in [-0.4, -0.2) is 282 Å². The summed E-state index contributed by atoms with van der Waals surface area (Å²) in [5.74, 6) is -13.1. The van der Waals surface area contributed by atoms with Crippen molar-refractivity contribution in [1.29, 1.82) is 0 Å². The van der Waals surface area contributed by atoms with Gasteiger partial charge in [0.2, 0.25) is 70.9 Å². The number of nitrogens with one attached hydrogen (secondary N) is 3. The summed E-state index contributed by atoms with van der Waals surface area (Å²) in [4.78, 5) is 194. The van der Waals surface area contributed by atoms with Gasteiger partial charge in [0.1, 0.15) is 72.1 Å². The van der Waals surface area contributed by atoms with Crippen LogP contribution in [-0.2, 0) is 62.3 Å². The molecule has 12 amide bonds. The predicted octanol–water partition coefficient (Wildman–Crippen LogP) is 6.83. The Morgan fingerprint density at radius 2 is 1.29 bits per heavy atom. The number of rotatable bonds is 14. The molecule has 0 aromatic heterocycles. The van der Waals surface area contributed by atoms with Gasteiger partial charge in [-0.15, -0.1) is 0 Å². The molecule has 7 rings (SSSR count). The van der Waals surface area contributed by atoms with Crippen LogP contribution >= 0.6 is 0 Å². The first-order chi connectivity index (χ1) is 50.6. The molecule has 2 unspecified atom stereocenters. The normalized spacial score (nSPS) is 32.3. The minimum atomic E-state index is -5.17. The van der Waals surface area contributed by atoms with E-state index in [1.165, 1.54) is 83.6 Å². The number of likely N-dealkylation sites (N-methyl/N-ethyl adjacent to an activating group) is 7. The van der Waals surface area contributed by atoms with Gasteiger partial charge in [-0.1, -0.05) is 99.1 Å². The van der Waals surface area contributed by atoms with Gasteiger partial charge in [0, 0.05) is 75.6 Å². The van der Waals surface area contributed by atoms with Crippen molar-refractivity contribution in [1.82, 2.24) is 60.0 Å². The molecule has 3 heterocycles. The smallest absolute Gasteiger partial charge is 0.376 e. The summed E-state index contributed by atoms with van der Waals surface area (Å²) in [5.41, 5.74) is -2.23. The minimum absolute atomic E-state index is 0.00115. The lowest BCUT2D eigenvalue weighted by Gasteiger charge is -2.54. The molecule has 4 saturated carbocycles. The van der Waals surface area contributed by atoms with E-state index in [1.807, 2.05) is 40.7 Å². The summed E-state index contributed by atoms with van der Waals surface area (Å²) >= 11 is 0. The van der Waals surface area contributed by atoms with E-state index in [1.54, 1.807) is 26.8 Å². The summed E-state index contributed by atoms with van der Waals surface area (Å²) in [6, 6.07) is -10.8. The second-order valence-electron chi connectivity index (χ2n) is 34.0. The maximum absolute atomic E-state index is 15.8. The monoisotopic (exact) mass is 1530 g/mol. The number of carbonyl (C=O) groups excluding carboxylic acids is 12. The van der Waals surface area contributed by atoms with Gasteiger partial charge in [-0.25, -0.2) is 8.78 Å². The number of halogens is 5. The Kier molecular flexibility index (Phi) is 30.9. The van der Waals surface area contributed by atoms with E-state index in [0.717, 1.165) is 35.5 Å². The van der Waals surface area contributed by atoms with Crippen molar-refractivity contribution >= 4 is 70.9 Å². The number of ether oxygens (including phenoxy) is 1. The van der Waals surface area contributed by atoms with E-state index in [9.17, 15) is 32.3 Å². The van der Waals surface area contributed by atoms with Crippen molar-refractivity contribution in [2.24, 2.45) is 46.8 Å². The Morgan fingerprint density at radius 3 is 1.87 bits per heavy atom. The average molecular weight is 1530 g/mol. The molecule has 3 aliphatic heterocycles. The third kappa shape index (κ3) is 21.6. The number of alkyl halides is 5. The zero-order valence-corrected chi connectivity index (χ0v) is 66.9. The molecular weight excluding hydrogens is 1410 g/mol. The van der Waals surface area contributed by atoms with Crippen LogP contribution < -0.4 is 16.0 Å². The fourth-order valence-corrected chi connectivity index (χ4v) is 17.9. The molecule has 25 nitrogen and oxygen atoms in total. The van der Waals surface area contributed by atoms with Crippen molar-refractivity contribution in [3.8, 4) is 0 Å². The molecule has 3 N–H and O–H groups in total. The highest BCUT2D eigenvalue weighted by Crippen LogP contribution is 2.50. The van der Waals surface area contributed by atoms with E-state index in [4.69, 9.17) is 4.74 Å². The molecule has 108 heavy (non-hydrogen) atoms. The SMILES string of the molecule is CCCO[C@H](C)[C@@H]1NC(=O)[C@H](CC(C)C)N(C)C(=O)C[C@@H](C(=O)N(C)CC)N(C)C(=O)[C@H](C2CCCC2)N(C)C(=O)C2(CC(C)(C)C2)NC(=O)[C@@H]2C[C@H](C)CN2C(=O)[C@H](CCC2CC(F)C(C(F)(F)F)C(F)C2)NC(=O)CN(C)C(=O)[C@H](CC2CCC(C)CC2)N2CC/C=C\C[C@@H](C2=O)N(C)C(=O)CN(C)C1=O. The van der Waals surface area contributed by atoms with E-state index in [0.29, 0.717) is 44.4 Å². The topological polar surface area (TPSA) is 279 Å². The number of fused-ring (bicyclic) bond motifs is 3. The van der Waals surface area contributed by atoms with Gasteiger partial charge in [-0.2, -0.15) is 13.2 Å². The highest BCUT2D eigenvalue weighted by molar-refractivity contribution is 6.01. The molecule has 6 fully saturated rings. The van der Waals surface area contributed by atoms with E-state index in [-0.39, 0.29) is 95.4 Å². The summed E-state index contributed by atoms with van der Waals surface area (Å²) in [6.45, 7) is 15.5. The molecule has 0 aromatic rings. The maximum Gasteiger partial charge on any atom is 0.397 e. The van der Waals surface area contributed by atoms with Gasteiger partial charge in [-0.3, -0.25) is 57.5 Å². The molecule has 610 valence electrons. The van der Waals surface area contributed by atoms with Crippen LogP contribution in [0.1, 0.15) is 197 Å². The number of amides is 12. The first-order valence-electron chi connectivity index (χ1n) is 39.5. The van der Waals surface area contributed by atoms with Gasteiger partial charge < -0.3 is 64.8 Å². The number of hydrogen-bond acceptors (Lipinski definition) is 13. The molecule has 0 radical (unpaired) electrons. The van der Waals surface area contributed by atoms with Crippen LogP contribution in [0.25, 0.3) is 0 Å². The van der Waals surface area contributed by atoms with Crippen molar-refractivity contribution in [3.63, 3.8) is 0 Å². The fourth-order valence-electron chi connectivity index (χ4n) is 17.9. The van der Waals surface area contributed by atoms with Gasteiger partial charge in [0.05, 0.1) is 25.6 Å². The Labute approximate surface area is 635 Å². The Morgan fingerprint density at radius 1 is 0.667 bits per heavy atom. The zero-order chi connectivity index (χ0) is 80.4. The summed E-state index contributed by atoms with van der Waals surface area (Å²) in [6.07, 6.45) is -3.60. The standard InChI is InChI=1S/C78H125F5N12O13/c1-17-34-108-49(7)65-73(105)89(12)43-63(98)90(13)56-26-20-19-23-33-94(72(56)104)60(39-50-29-27-47(5)28-30-50)71(103)88(11)42-61(96)84-55(32-31-51-37-53(79)64(54(80)38-51)78(81,82)83)69(101)95-41-48(6)36-58(95)68(100)86-77(44-76(8,9)45-77)75(107)93(16)66(52-24-21-22-25-52)74(106)92(15)59(70(102)87(10)18-2)40-62(97)91(14)57(35-46(3)4)67(99)85-65/h19-20,46-60,64-66H,17-18,21-45H2,1-16H3,(H,84,96)(H,85,99)(H,86,100)/b20-19-/t47?,48-,49+,50?,51?,53?,54?,55-,56-,57-,58-,59-,60-,64?,65-,66-/m0/s1. The van der Waals surface area contributed by atoms with Crippen molar-refractivity contribution in [2.45, 2.75) is 276 Å².